The Bertz CT molecular complexity index is 956. The van der Waals surface area contributed by atoms with Crippen molar-refractivity contribution in [1.82, 2.24) is 4.98 Å². The van der Waals surface area contributed by atoms with Crippen molar-refractivity contribution in [1.29, 1.82) is 0 Å². The highest BCUT2D eigenvalue weighted by atomic mass is 16.6. The van der Waals surface area contributed by atoms with E-state index >= 15 is 0 Å². The highest BCUT2D eigenvalue weighted by Crippen LogP contribution is 2.34. The fourth-order valence-electron chi connectivity index (χ4n) is 2.45. The Hall–Kier alpha value is -4.01. The molecule has 9 heteroatoms. The number of phenols is 2. The van der Waals surface area contributed by atoms with E-state index in [0.29, 0.717) is 22.3 Å². The molecule has 2 aromatic carbocycles. The third kappa shape index (κ3) is 3.13. The highest BCUT2D eigenvalue weighted by Gasteiger charge is 2.16. The van der Waals surface area contributed by atoms with Crippen LogP contribution in [-0.2, 0) is 0 Å². The number of benzene rings is 2. The lowest BCUT2D eigenvalue weighted by Gasteiger charge is -2.07. The number of nitro benzene ring substituents is 2. The van der Waals surface area contributed by atoms with Crippen LogP contribution >= 0.6 is 0 Å². The molecule has 0 fully saturated rings. The summed E-state index contributed by atoms with van der Waals surface area (Å²) in [4.78, 5) is 24.6. The zero-order valence-electron chi connectivity index (χ0n) is 13.1. The second kappa shape index (κ2) is 6.48. The van der Waals surface area contributed by atoms with Gasteiger partial charge in [-0.3, -0.25) is 25.2 Å². The zero-order valence-corrected chi connectivity index (χ0v) is 13.1. The van der Waals surface area contributed by atoms with Crippen molar-refractivity contribution >= 4 is 11.4 Å². The molecule has 0 unspecified atom stereocenters. The van der Waals surface area contributed by atoms with Gasteiger partial charge >= 0.3 is 11.4 Å². The number of pyridine rings is 1. The molecule has 1 heterocycles. The highest BCUT2D eigenvalue weighted by molar-refractivity contribution is 5.75. The Morgan fingerprint density at radius 2 is 1.12 bits per heavy atom. The van der Waals surface area contributed by atoms with Gasteiger partial charge in [0.05, 0.1) is 9.85 Å². The predicted molar refractivity (Wildman–Crippen MR) is 91.7 cm³/mol. The Kier molecular flexibility index (Phi) is 4.19. The Balaban J connectivity index is 2.07. The largest absolute Gasteiger partial charge is 0.502 e. The molecule has 130 valence electrons. The molecule has 1 aromatic heterocycles. The number of nitrogens with zero attached hydrogens (tertiary/aromatic N) is 3. The van der Waals surface area contributed by atoms with Gasteiger partial charge in [-0.15, -0.1) is 0 Å². The van der Waals surface area contributed by atoms with E-state index in [4.69, 9.17) is 0 Å². The molecule has 0 saturated heterocycles. The summed E-state index contributed by atoms with van der Waals surface area (Å²) in [5.41, 5.74) is 1.10. The maximum absolute atomic E-state index is 11.0. The molecule has 0 aliphatic carbocycles. The van der Waals surface area contributed by atoms with Crippen molar-refractivity contribution in [3.63, 3.8) is 0 Å². The summed E-state index contributed by atoms with van der Waals surface area (Å²) in [5, 5.41) is 41.0. The number of hydrogen-bond donors (Lipinski definition) is 2. The van der Waals surface area contributed by atoms with Gasteiger partial charge in [0.2, 0.25) is 0 Å². The number of aromatic hydroxyl groups is 2. The lowest BCUT2D eigenvalue weighted by molar-refractivity contribution is -0.385. The first kappa shape index (κ1) is 16.8. The normalized spacial score (nSPS) is 10.5. The van der Waals surface area contributed by atoms with Gasteiger partial charge in [0.15, 0.2) is 11.5 Å². The van der Waals surface area contributed by atoms with E-state index in [1.54, 1.807) is 6.07 Å². The van der Waals surface area contributed by atoms with E-state index < -0.39 is 32.7 Å². The van der Waals surface area contributed by atoms with Crippen molar-refractivity contribution in [3.05, 3.63) is 75.1 Å². The van der Waals surface area contributed by atoms with E-state index in [2.05, 4.69) is 4.98 Å². The van der Waals surface area contributed by atoms with Crippen LogP contribution < -0.4 is 0 Å². The van der Waals surface area contributed by atoms with Crippen LogP contribution in [0.3, 0.4) is 0 Å². The molecule has 0 radical (unpaired) electrons. The van der Waals surface area contributed by atoms with Crippen LogP contribution in [0.5, 0.6) is 11.5 Å². The fourth-order valence-corrected chi connectivity index (χ4v) is 2.45. The first-order valence-corrected chi connectivity index (χ1v) is 7.27. The van der Waals surface area contributed by atoms with E-state index in [-0.39, 0.29) is 0 Å². The molecule has 9 nitrogen and oxygen atoms in total. The van der Waals surface area contributed by atoms with Crippen LogP contribution in [0.25, 0.3) is 22.3 Å². The van der Waals surface area contributed by atoms with Crippen LogP contribution in [0.1, 0.15) is 0 Å². The van der Waals surface area contributed by atoms with E-state index in [1.807, 2.05) is 0 Å². The average Bonchev–Trinajstić information content (AvgIpc) is 2.62. The monoisotopic (exact) mass is 353 g/mol. The van der Waals surface area contributed by atoms with Gasteiger partial charge in [-0.25, -0.2) is 0 Å². The molecular weight excluding hydrogens is 342 g/mol. The van der Waals surface area contributed by atoms with Crippen LogP contribution in [-0.4, -0.2) is 25.0 Å². The lowest BCUT2D eigenvalue weighted by Crippen LogP contribution is -1.91. The molecule has 3 aromatic rings. The van der Waals surface area contributed by atoms with Crippen LogP contribution in [0, 0.1) is 20.2 Å². The molecule has 3 rings (SSSR count). The standard InChI is InChI=1S/C17H11N3O6/c21-16-3-1-10(6-14(16)19(23)24)12-5-13(9-18-8-12)11-2-4-17(22)15(7-11)20(25)26/h1-9,21-22H. The maximum atomic E-state index is 11.0. The third-order valence-corrected chi connectivity index (χ3v) is 3.75. The van der Waals surface area contributed by atoms with Crippen molar-refractivity contribution in [2.75, 3.05) is 0 Å². The number of rotatable bonds is 4. The summed E-state index contributed by atoms with van der Waals surface area (Å²) in [6.07, 6.45) is 2.96. The van der Waals surface area contributed by atoms with Gasteiger partial charge in [-0.2, -0.15) is 0 Å². The van der Waals surface area contributed by atoms with Gasteiger partial charge in [-0.1, -0.05) is 12.1 Å². The van der Waals surface area contributed by atoms with Crippen molar-refractivity contribution in [3.8, 4) is 33.8 Å². The number of nitro groups is 2. The van der Waals surface area contributed by atoms with E-state index in [1.165, 1.54) is 48.8 Å². The third-order valence-electron chi connectivity index (χ3n) is 3.75. The molecule has 2 N–H and O–H groups in total. The minimum atomic E-state index is -0.695. The van der Waals surface area contributed by atoms with Gasteiger partial charge in [-0.05, 0) is 29.3 Å². The molecule has 0 saturated carbocycles. The van der Waals surface area contributed by atoms with E-state index in [0.717, 1.165) is 0 Å². The average molecular weight is 353 g/mol. The minimum absolute atomic E-state index is 0.437. The summed E-state index contributed by atoms with van der Waals surface area (Å²) in [6, 6.07) is 9.52. The summed E-state index contributed by atoms with van der Waals surface area (Å²) in [5.74, 6) is -0.894. The zero-order chi connectivity index (χ0) is 18.8. The number of aromatic nitrogens is 1. The molecule has 0 aliphatic heterocycles. The Morgan fingerprint density at radius 3 is 1.50 bits per heavy atom. The van der Waals surface area contributed by atoms with Crippen LogP contribution in [0.2, 0.25) is 0 Å². The quantitative estimate of drug-likeness (QED) is 0.539. The molecule has 26 heavy (non-hydrogen) atoms. The summed E-state index contributed by atoms with van der Waals surface area (Å²) in [7, 11) is 0. The second-order valence-corrected chi connectivity index (χ2v) is 5.38. The predicted octanol–water partition coefficient (Wildman–Crippen LogP) is 3.64. The molecule has 0 bridgehead atoms. The minimum Gasteiger partial charge on any atom is -0.502 e. The smallest absolute Gasteiger partial charge is 0.311 e. The van der Waals surface area contributed by atoms with Crippen molar-refractivity contribution < 1.29 is 20.1 Å². The molecule has 0 spiro atoms. The molecule has 0 amide bonds. The molecule has 0 aliphatic rings. The first-order chi connectivity index (χ1) is 12.4. The lowest BCUT2D eigenvalue weighted by atomic mass is 10.0. The van der Waals surface area contributed by atoms with Crippen LogP contribution in [0.15, 0.2) is 54.9 Å². The van der Waals surface area contributed by atoms with E-state index in [9.17, 15) is 30.4 Å². The van der Waals surface area contributed by atoms with Crippen LogP contribution in [0.4, 0.5) is 11.4 Å². The number of phenolic OH excluding ortho intramolecular Hbond substituents is 2. The molecular formula is C17H11N3O6. The SMILES string of the molecule is O=[N+]([O-])c1cc(-c2cncc(-c3ccc(O)c([N+](=O)[O-])c3)c2)ccc1O. The molecule has 0 atom stereocenters. The topological polar surface area (TPSA) is 140 Å². The summed E-state index contributed by atoms with van der Waals surface area (Å²) >= 11 is 0. The summed E-state index contributed by atoms with van der Waals surface area (Å²) in [6.45, 7) is 0. The number of hydrogen-bond acceptors (Lipinski definition) is 7. The van der Waals surface area contributed by atoms with Crippen molar-refractivity contribution in [2.24, 2.45) is 0 Å². The maximum Gasteiger partial charge on any atom is 0.311 e. The fraction of sp³-hybridized carbons (Fsp3) is 0. The Labute approximate surface area is 146 Å². The van der Waals surface area contributed by atoms with Gasteiger partial charge < -0.3 is 10.2 Å². The van der Waals surface area contributed by atoms with Crippen molar-refractivity contribution in [2.45, 2.75) is 0 Å². The first-order valence-electron chi connectivity index (χ1n) is 7.27. The second-order valence-electron chi connectivity index (χ2n) is 5.38. The van der Waals surface area contributed by atoms with Gasteiger partial charge in [0.1, 0.15) is 0 Å². The Morgan fingerprint density at radius 1 is 0.692 bits per heavy atom. The van der Waals surface area contributed by atoms with Gasteiger partial charge in [0, 0.05) is 35.7 Å². The van der Waals surface area contributed by atoms with Gasteiger partial charge in [0.25, 0.3) is 0 Å². The summed E-state index contributed by atoms with van der Waals surface area (Å²) < 4.78 is 0.